The van der Waals surface area contributed by atoms with Gasteiger partial charge in [-0.3, -0.25) is 14.5 Å². The van der Waals surface area contributed by atoms with Crippen LogP contribution in [0.4, 0.5) is 4.39 Å². The molecule has 1 aliphatic rings. The van der Waals surface area contributed by atoms with Crippen LogP contribution in [-0.2, 0) is 16.1 Å². The normalized spacial score (nSPS) is 22.4. The summed E-state index contributed by atoms with van der Waals surface area (Å²) in [6.45, 7) is 5.26. The number of halogens is 1. The van der Waals surface area contributed by atoms with E-state index in [0.29, 0.717) is 19.6 Å². The van der Waals surface area contributed by atoms with Gasteiger partial charge in [0, 0.05) is 31.5 Å². The van der Waals surface area contributed by atoms with Crippen molar-refractivity contribution >= 4 is 11.8 Å². The van der Waals surface area contributed by atoms with Gasteiger partial charge in [0.1, 0.15) is 5.82 Å². The Hall–Kier alpha value is -1.75. The number of carbonyl (C=O) groups is 2. The molecule has 0 radical (unpaired) electrons. The van der Waals surface area contributed by atoms with Crippen molar-refractivity contribution < 1.29 is 14.0 Å². The van der Waals surface area contributed by atoms with Gasteiger partial charge in [-0.1, -0.05) is 26.0 Å². The number of nitrogens with zero attached hydrogens (tertiary/aromatic N) is 2. The SMILES string of the molecule is C[C@@H]1C(=O)N(CCN(C)Cc2ccc(F)cc2)C(=O)[C@@H]1C. The van der Waals surface area contributed by atoms with Crippen LogP contribution in [0.15, 0.2) is 24.3 Å². The number of likely N-dealkylation sites (N-methyl/N-ethyl adjacent to an activating group) is 1. The highest BCUT2D eigenvalue weighted by Gasteiger charge is 2.41. The summed E-state index contributed by atoms with van der Waals surface area (Å²) in [6, 6.07) is 6.34. The summed E-state index contributed by atoms with van der Waals surface area (Å²) in [4.78, 5) is 27.3. The smallest absolute Gasteiger partial charge is 0.232 e. The average molecular weight is 292 g/mol. The lowest BCUT2D eigenvalue weighted by Crippen LogP contribution is -2.37. The van der Waals surface area contributed by atoms with E-state index < -0.39 is 0 Å². The van der Waals surface area contributed by atoms with Gasteiger partial charge in [0.15, 0.2) is 0 Å². The third kappa shape index (κ3) is 3.47. The second-order valence-corrected chi connectivity index (χ2v) is 5.77. The van der Waals surface area contributed by atoms with Crippen molar-refractivity contribution in [3.8, 4) is 0 Å². The van der Waals surface area contributed by atoms with Gasteiger partial charge in [0.25, 0.3) is 0 Å². The average Bonchev–Trinajstić information content (AvgIpc) is 2.64. The quantitative estimate of drug-likeness (QED) is 0.778. The highest BCUT2D eigenvalue weighted by atomic mass is 19.1. The molecular formula is C16H21FN2O2. The van der Waals surface area contributed by atoms with Gasteiger partial charge in [0.2, 0.25) is 11.8 Å². The fraction of sp³-hybridized carbons (Fsp3) is 0.500. The molecule has 0 aromatic heterocycles. The summed E-state index contributed by atoms with van der Waals surface area (Å²) in [7, 11) is 1.92. The Kier molecular flexibility index (Phi) is 4.73. The van der Waals surface area contributed by atoms with Gasteiger partial charge in [0.05, 0.1) is 0 Å². The molecule has 2 amide bonds. The first-order valence-corrected chi connectivity index (χ1v) is 7.18. The van der Waals surface area contributed by atoms with Crippen molar-refractivity contribution in [3.63, 3.8) is 0 Å². The van der Waals surface area contributed by atoms with Crippen LogP contribution in [0.25, 0.3) is 0 Å². The van der Waals surface area contributed by atoms with E-state index >= 15 is 0 Å². The van der Waals surface area contributed by atoms with Crippen molar-refractivity contribution in [2.75, 3.05) is 20.1 Å². The minimum absolute atomic E-state index is 0.0808. The maximum atomic E-state index is 12.8. The van der Waals surface area contributed by atoms with E-state index in [9.17, 15) is 14.0 Å². The highest BCUT2D eigenvalue weighted by molar-refractivity contribution is 6.04. The van der Waals surface area contributed by atoms with Crippen LogP contribution in [0.5, 0.6) is 0 Å². The van der Waals surface area contributed by atoms with Crippen molar-refractivity contribution in [1.29, 1.82) is 0 Å². The molecule has 1 heterocycles. The molecule has 0 bridgehead atoms. The van der Waals surface area contributed by atoms with Gasteiger partial charge >= 0.3 is 0 Å². The van der Waals surface area contributed by atoms with E-state index in [2.05, 4.69) is 0 Å². The molecule has 1 saturated heterocycles. The van der Waals surface area contributed by atoms with E-state index in [1.54, 1.807) is 26.0 Å². The first-order chi connectivity index (χ1) is 9.90. The Labute approximate surface area is 124 Å². The predicted molar refractivity (Wildman–Crippen MR) is 77.8 cm³/mol. The molecule has 1 aliphatic heterocycles. The number of hydrogen-bond donors (Lipinski definition) is 0. The van der Waals surface area contributed by atoms with Gasteiger partial charge in [-0.05, 0) is 24.7 Å². The van der Waals surface area contributed by atoms with E-state index in [1.807, 2.05) is 11.9 Å². The Morgan fingerprint density at radius 1 is 1.10 bits per heavy atom. The fourth-order valence-corrected chi connectivity index (χ4v) is 2.50. The second kappa shape index (κ2) is 6.35. The highest BCUT2D eigenvalue weighted by Crippen LogP contribution is 2.24. The predicted octanol–water partition coefficient (Wildman–Crippen LogP) is 1.90. The molecule has 2 rings (SSSR count). The number of rotatable bonds is 5. The minimum Gasteiger partial charge on any atom is -0.300 e. The van der Waals surface area contributed by atoms with Crippen LogP contribution >= 0.6 is 0 Å². The molecule has 1 aromatic carbocycles. The third-order valence-electron chi connectivity index (χ3n) is 4.13. The molecule has 0 aliphatic carbocycles. The number of carbonyl (C=O) groups excluding carboxylic acids is 2. The third-order valence-corrected chi connectivity index (χ3v) is 4.13. The number of imide groups is 1. The Bertz CT molecular complexity index is 510. The molecule has 1 aromatic rings. The minimum atomic E-state index is -0.252. The second-order valence-electron chi connectivity index (χ2n) is 5.77. The molecule has 0 spiro atoms. The van der Waals surface area contributed by atoms with Gasteiger partial charge < -0.3 is 4.90 Å². The maximum absolute atomic E-state index is 12.8. The van der Waals surface area contributed by atoms with Crippen molar-refractivity contribution in [2.24, 2.45) is 11.8 Å². The topological polar surface area (TPSA) is 40.6 Å². The van der Waals surface area contributed by atoms with E-state index in [1.165, 1.54) is 17.0 Å². The molecule has 0 unspecified atom stereocenters. The lowest BCUT2D eigenvalue weighted by molar-refractivity contribution is -0.139. The number of benzene rings is 1. The van der Waals surface area contributed by atoms with Crippen LogP contribution < -0.4 is 0 Å². The fourth-order valence-electron chi connectivity index (χ4n) is 2.50. The van der Waals surface area contributed by atoms with Crippen molar-refractivity contribution in [1.82, 2.24) is 9.80 Å². The summed E-state index contributed by atoms with van der Waals surface area (Å²) in [5.74, 6) is -0.859. The standard InChI is InChI=1S/C16H21FN2O2/c1-11-12(2)16(21)19(15(11)20)9-8-18(3)10-13-4-6-14(17)7-5-13/h4-7,11-12H,8-10H2,1-3H3/t11-,12+. The first kappa shape index (κ1) is 15.6. The Morgan fingerprint density at radius 3 is 2.14 bits per heavy atom. The molecule has 4 nitrogen and oxygen atoms in total. The van der Waals surface area contributed by atoms with Crippen molar-refractivity contribution in [3.05, 3.63) is 35.6 Å². The van der Waals surface area contributed by atoms with Gasteiger partial charge in [-0.2, -0.15) is 0 Å². The number of hydrogen-bond acceptors (Lipinski definition) is 3. The monoisotopic (exact) mass is 292 g/mol. The summed E-state index contributed by atoms with van der Waals surface area (Å²) in [5.41, 5.74) is 1.000. The van der Waals surface area contributed by atoms with Crippen LogP contribution in [-0.4, -0.2) is 41.8 Å². The number of likely N-dealkylation sites (tertiary alicyclic amines) is 1. The van der Waals surface area contributed by atoms with Crippen LogP contribution in [0.1, 0.15) is 19.4 Å². The van der Waals surface area contributed by atoms with Gasteiger partial charge in [-0.15, -0.1) is 0 Å². The molecule has 0 N–H and O–H groups in total. The van der Waals surface area contributed by atoms with E-state index in [-0.39, 0.29) is 29.5 Å². The summed E-state index contributed by atoms with van der Waals surface area (Å²) in [5, 5.41) is 0. The molecule has 0 saturated carbocycles. The molecular weight excluding hydrogens is 271 g/mol. The molecule has 114 valence electrons. The summed E-state index contributed by atoms with van der Waals surface area (Å²) < 4.78 is 12.8. The van der Waals surface area contributed by atoms with Crippen molar-refractivity contribution in [2.45, 2.75) is 20.4 Å². The van der Waals surface area contributed by atoms with Crippen LogP contribution in [0.2, 0.25) is 0 Å². The molecule has 2 atom stereocenters. The largest absolute Gasteiger partial charge is 0.300 e. The summed E-state index contributed by atoms with van der Waals surface area (Å²) >= 11 is 0. The maximum Gasteiger partial charge on any atom is 0.232 e. The van der Waals surface area contributed by atoms with Crippen LogP contribution in [0, 0.1) is 17.7 Å². The molecule has 21 heavy (non-hydrogen) atoms. The lowest BCUT2D eigenvalue weighted by Gasteiger charge is -2.21. The zero-order chi connectivity index (χ0) is 15.6. The van der Waals surface area contributed by atoms with Gasteiger partial charge in [-0.25, -0.2) is 4.39 Å². The first-order valence-electron chi connectivity index (χ1n) is 7.18. The molecule has 1 fully saturated rings. The molecule has 5 heteroatoms. The Balaban J connectivity index is 1.87. The zero-order valence-electron chi connectivity index (χ0n) is 12.7. The van der Waals surface area contributed by atoms with E-state index in [4.69, 9.17) is 0 Å². The number of amides is 2. The lowest BCUT2D eigenvalue weighted by atomic mass is 10.00. The Morgan fingerprint density at radius 2 is 1.62 bits per heavy atom. The van der Waals surface area contributed by atoms with E-state index in [0.717, 1.165) is 5.56 Å². The van der Waals surface area contributed by atoms with Crippen LogP contribution in [0.3, 0.4) is 0 Å². The summed E-state index contributed by atoms with van der Waals surface area (Å²) in [6.07, 6.45) is 0. The zero-order valence-corrected chi connectivity index (χ0v) is 12.7.